The standard InChI is InChI=1S/C12H13F3N2O2/c1-2-3-4-7-19-11-8(12(13,14)15)5-6-9(17-11)10(16)18/h2,5-6H,1,3-4,7H2,(H2,16,18). The van der Waals surface area contributed by atoms with E-state index >= 15 is 0 Å². The summed E-state index contributed by atoms with van der Waals surface area (Å²) in [6.07, 6.45) is -1.86. The topological polar surface area (TPSA) is 65.2 Å². The van der Waals surface area contributed by atoms with Crippen LogP contribution in [0.25, 0.3) is 0 Å². The Morgan fingerprint density at radius 1 is 1.47 bits per heavy atom. The second-order valence-corrected chi connectivity index (χ2v) is 3.69. The van der Waals surface area contributed by atoms with Gasteiger partial charge in [-0.05, 0) is 25.0 Å². The quantitative estimate of drug-likeness (QED) is 0.640. The molecule has 1 heterocycles. The molecule has 2 N–H and O–H groups in total. The molecule has 0 aliphatic rings. The molecule has 0 fully saturated rings. The molecule has 1 rings (SSSR count). The summed E-state index contributed by atoms with van der Waals surface area (Å²) in [5.74, 6) is -1.54. The van der Waals surface area contributed by atoms with E-state index in [-0.39, 0.29) is 12.3 Å². The van der Waals surface area contributed by atoms with Crippen LogP contribution in [-0.4, -0.2) is 17.5 Å². The van der Waals surface area contributed by atoms with Gasteiger partial charge in [0.25, 0.3) is 5.91 Å². The van der Waals surface area contributed by atoms with Crippen LogP contribution < -0.4 is 10.5 Å². The van der Waals surface area contributed by atoms with Crippen molar-refractivity contribution in [2.45, 2.75) is 19.0 Å². The number of pyridine rings is 1. The molecule has 0 saturated carbocycles. The lowest BCUT2D eigenvalue weighted by Crippen LogP contribution is -2.17. The third-order valence-corrected chi connectivity index (χ3v) is 2.21. The number of alkyl halides is 3. The SMILES string of the molecule is C=CCCCOc1nc(C(N)=O)ccc1C(F)(F)F. The largest absolute Gasteiger partial charge is 0.477 e. The van der Waals surface area contributed by atoms with Crippen molar-refractivity contribution in [3.63, 3.8) is 0 Å². The molecule has 19 heavy (non-hydrogen) atoms. The lowest BCUT2D eigenvalue weighted by Gasteiger charge is -2.13. The predicted octanol–water partition coefficient (Wildman–Crippen LogP) is 2.54. The molecule has 7 heteroatoms. The molecule has 1 amide bonds. The van der Waals surface area contributed by atoms with E-state index in [1.165, 1.54) is 0 Å². The van der Waals surface area contributed by atoms with Crippen molar-refractivity contribution in [3.05, 3.63) is 36.0 Å². The molecule has 1 aromatic rings. The first-order chi connectivity index (χ1) is 8.86. The van der Waals surface area contributed by atoms with Crippen molar-refractivity contribution in [1.29, 1.82) is 0 Å². The van der Waals surface area contributed by atoms with Gasteiger partial charge in [-0.3, -0.25) is 4.79 Å². The van der Waals surface area contributed by atoms with Gasteiger partial charge in [0.2, 0.25) is 5.88 Å². The van der Waals surface area contributed by atoms with Crippen LogP contribution in [-0.2, 0) is 6.18 Å². The minimum absolute atomic E-state index is 0.0459. The molecule has 0 aliphatic heterocycles. The average molecular weight is 274 g/mol. The smallest absolute Gasteiger partial charge is 0.421 e. The minimum Gasteiger partial charge on any atom is -0.477 e. The number of amides is 1. The number of nitrogens with zero attached hydrogens (tertiary/aromatic N) is 1. The lowest BCUT2D eigenvalue weighted by molar-refractivity contribution is -0.139. The summed E-state index contributed by atoms with van der Waals surface area (Å²) < 4.78 is 43.1. The first-order valence-corrected chi connectivity index (χ1v) is 5.48. The summed E-state index contributed by atoms with van der Waals surface area (Å²) >= 11 is 0. The van der Waals surface area contributed by atoms with Gasteiger partial charge in [0.15, 0.2) is 0 Å². The number of unbranched alkanes of at least 4 members (excludes halogenated alkanes) is 1. The highest BCUT2D eigenvalue weighted by atomic mass is 19.4. The number of carbonyl (C=O) groups is 1. The molecule has 0 bridgehead atoms. The van der Waals surface area contributed by atoms with E-state index in [1.54, 1.807) is 6.08 Å². The Morgan fingerprint density at radius 3 is 2.68 bits per heavy atom. The fourth-order valence-electron chi connectivity index (χ4n) is 1.30. The van der Waals surface area contributed by atoms with Crippen molar-refractivity contribution in [2.24, 2.45) is 5.73 Å². The van der Waals surface area contributed by atoms with Crippen molar-refractivity contribution in [1.82, 2.24) is 4.98 Å². The number of ether oxygens (including phenoxy) is 1. The molecule has 0 aliphatic carbocycles. The number of hydrogen-bond donors (Lipinski definition) is 1. The van der Waals surface area contributed by atoms with Gasteiger partial charge in [0.05, 0.1) is 6.61 Å². The zero-order chi connectivity index (χ0) is 14.5. The third-order valence-electron chi connectivity index (χ3n) is 2.21. The van der Waals surface area contributed by atoms with E-state index in [1.807, 2.05) is 0 Å². The Bertz CT molecular complexity index is 473. The maximum absolute atomic E-state index is 12.7. The van der Waals surface area contributed by atoms with Gasteiger partial charge in [0, 0.05) is 0 Å². The summed E-state index contributed by atoms with van der Waals surface area (Å²) in [5.41, 5.74) is 3.66. The van der Waals surface area contributed by atoms with E-state index < -0.39 is 23.5 Å². The summed E-state index contributed by atoms with van der Waals surface area (Å²) in [5, 5.41) is 0. The fourth-order valence-corrected chi connectivity index (χ4v) is 1.30. The van der Waals surface area contributed by atoms with Gasteiger partial charge in [-0.2, -0.15) is 13.2 Å². The lowest BCUT2D eigenvalue weighted by atomic mass is 10.2. The molecule has 0 spiro atoms. The van der Waals surface area contributed by atoms with Crippen molar-refractivity contribution in [2.75, 3.05) is 6.61 Å². The van der Waals surface area contributed by atoms with E-state index in [9.17, 15) is 18.0 Å². The number of carbonyl (C=O) groups excluding carboxylic acids is 1. The minimum atomic E-state index is -4.60. The molecular formula is C12H13F3N2O2. The van der Waals surface area contributed by atoms with Crippen LogP contribution in [0.1, 0.15) is 28.9 Å². The number of rotatable bonds is 6. The monoisotopic (exact) mass is 274 g/mol. The van der Waals surface area contributed by atoms with E-state index in [4.69, 9.17) is 10.5 Å². The first kappa shape index (κ1) is 15.0. The molecule has 104 valence electrons. The van der Waals surface area contributed by atoms with Gasteiger partial charge in [-0.15, -0.1) is 6.58 Å². The van der Waals surface area contributed by atoms with Crippen LogP contribution in [0.4, 0.5) is 13.2 Å². The van der Waals surface area contributed by atoms with Crippen LogP contribution in [0.3, 0.4) is 0 Å². The molecule has 4 nitrogen and oxygen atoms in total. The number of aromatic nitrogens is 1. The third kappa shape index (κ3) is 4.27. The zero-order valence-electron chi connectivity index (χ0n) is 10.0. The highest BCUT2D eigenvalue weighted by Gasteiger charge is 2.35. The fraction of sp³-hybridized carbons (Fsp3) is 0.333. The maximum Gasteiger partial charge on any atom is 0.421 e. The number of halogens is 3. The average Bonchev–Trinajstić information content (AvgIpc) is 2.33. The van der Waals surface area contributed by atoms with E-state index in [2.05, 4.69) is 11.6 Å². The first-order valence-electron chi connectivity index (χ1n) is 5.48. The summed E-state index contributed by atoms with van der Waals surface area (Å²) in [4.78, 5) is 14.4. The van der Waals surface area contributed by atoms with Crippen molar-refractivity contribution < 1.29 is 22.7 Å². The van der Waals surface area contributed by atoms with Crippen LogP contribution in [0.2, 0.25) is 0 Å². The second-order valence-electron chi connectivity index (χ2n) is 3.69. The Kier molecular flexibility index (Phi) is 4.91. The summed E-state index contributed by atoms with van der Waals surface area (Å²) in [7, 11) is 0. The molecule has 0 saturated heterocycles. The molecule has 1 aromatic heterocycles. The van der Waals surface area contributed by atoms with E-state index in [0.717, 1.165) is 12.1 Å². The van der Waals surface area contributed by atoms with Gasteiger partial charge < -0.3 is 10.5 Å². The van der Waals surface area contributed by atoms with Gasteiger partial charge in [0.1, 0.15) is 11.3 Å². The highest BCUT2D eigenvalue weighted by molar-refractivity contribution is 5.90. The normalized spacial score (nSPS) is 11.1. The zero-order valence-corrected chi connectivity index (χ0v) is 10.0. The molecular weight excluding hydrogens is 261 g/mol. The number of nitrogens with two attached hydrogens (primary N) is 1. The molecule has 0 atom stereocenters. The second kappa shape index (κ2) is 6.21. The summed E-state index contributed by atoms with van der Waals surface area (Å²) in [6.45, 7) is 3.53. The van der Waals surface area contributed by atoms with Crippen LogP contribution >= 0.6 is 0 Å². The Hall–Kier alpha value is -2.05. The van der Waals surface area contributed by atoms with E-state index in [0.29, 0.717) is 12.8 Å². The van der Waals surface area contributed by atoms with Crippen molar-refractivity contribution in [3.8, 4) is 5.88 Å². The van der Waals surface area contributed by atoms with Crippen molar-refractivity contribution >= 4 is 5.91 Å². The summed E-state index contributed by atoms with van der Waals surface area (Å²) in [6, 6.07) is 1.65. The molecule has 0 unspecified atom stereocenters. The number of primary amides is 1. The van der Waals surface area contributed by atoms with Crippen LogP contribution in [0.15, 0.2) is 24.8 Å². The highest BCUT2D eigenvalue weighted by Crippen LogP contribution is 2.35. The van der Waals surface area contributed by atoms with Gasteiger partial charge in [-0.1, -0.05) is 6.08 Å². The molecule has 0 radical (unpaired) electrons. The van der Waals surface area contributed by atoms with Crippen LogP contribution in [0.5, 0.6) is 5.88 Å². The Morgan fingerprint density at radius 2 is 2.16 bits per heavy atom. The Balaban J connectivity index is 2.97. The van der Waals surface area contributed by atoms with Gasteiger partial charge >= 0.3 is 6.18 Å². The maximum atomic E-state index is 12.7. The van der Waals surface area contributed by atoms with Gasteiger partial charge in [-0.25, -0.2) is 4.98 Å². The number of hydrogen-bond acceptors (Lipinski definition) is 3. The van der Waals surface area contributed by atoms with Crippen LogP contribution in [0, 0.1) is 0 Å². The molecule has 0 aromatic carbocycles. The Labute approximate surface area is 108 Å². The number of allylic oxidation sites excluding steroid dienone is 1. The predicted molar refractivity (Wildman–Crippen MR) is 62.7 cm³/mol.